The number of pyridine rings is 1. The fraction of sp³-hybridized carbons (Fsp3) is 0.312. The van der Waals surface area contributed by atoms with Crippen LogP contribution in [0.4, 0.5) is 17.5 Å². The van der Waals surface area contributed by atoms with Gasteiger partial charge in [-0.05, 0) is 71.6 Å². The average Bonchev–Trinajstić information content (AvgIpc) is 3.40. The normalized spacial score (nSPS) is 14.3. The van der Waals surface area contributed by atoms with E-state index in [0.29, 0.717) is 62.7 Å². The van der Waals surface area contributed by atoms with Crippen LogP contribution in [0.2, 0.25) is 10.0 Å². The van der Waals surface area contributed by atoms with E-state index in [1.807, 2.05) is 24.3 Å². The molecule has 1 saturated heterocycles. The number of quaternary nitrogens is 1. The van der Waals surface area contributed by atoms with E-state index < -0.39 is 4.92 Å². The summed E-state index contributed by atoms with van der Waals surface area (Å²) in [6.07, 6.45) is 6.48. The number of halogens is 2. The van der Waals surface area contributed by atoms with Gasteiger partial charge in [0.15, 0.2) is 5.69 Å². The number of benzene rings is 2. The first kappa shape index (κ1) is 31.5. The number of likely N-dealkylation sites (tertiary alicyclic amines) is 1. The number of rotatable bonds is 10. The van der Waals surface area contributed by atoms with Crippen LogP contribution in [0.15, 0.2) is 65.8 Å². The van der Waals surface area contributed by atoms with Crippen molar-refractivity contribution in [1.82, 2.24) is 24.1 Å². The number of hydrogen-bond acceptors (Lipinski definition) is 8. The first-order valence-electron chi connectivity index (χ1n) is 14.9. The fourth-order valence-corrected chi connectivity index (χ4v) is 6.70. The molecule has 0 saturated carbocycles. The molecule has 0 unspecified atom stereocenters. The maximum Gasteiger partial charge on any atom is 0.390 e. The number of nitrogens with one attached hydrogen (secondary N) is 1. The number of fused-ring (bicyclic) bond motifs is 1. The van der Waals surface area contributed by atoms with Gasteiger partial charge in [0.2, 0.25) is 12.3 Å². The van der Waals surface area contributed by atoms with Crippen LogP contribution in [-0.4, -0.2) is 59.7 Å². The summed E-state index contributed by atoms with van der Waals surface area (Å²) in [6, 6.07) is 14.3. The van der Waals surface area contributed by atoms with Gasteiger partial charge in [0.25, 0.3) is 5.56 Å². The molecule has 238 valence electrons. The molecule has 0 aliphatic carbocycles. The van der Waals surface area contributed by atoms with E-state index in [-0.39, 0.29) is 11.4 Å². The Balaban J connectivity index is 1.13. The number of anilines is 2. The van der Waals surface area contributed by atoms with Crippen LogP contribution in [0.1, 0.15) is 25.0 Å². The van der Waals surface area contributed by atoms with Crippen molar-refractivity contribution in [2.24, 2.45) is 14.1 Å². The molecule has 4 heterocycles. The number of aromatic nitrogens is 5. The number of imidazole rings is 1. The number of ether oxygens (including phenoxy) is 1. The topological polar surface area (TPSA) is 130 Å². The fourth-order valence-electron chi connectivity index (χ4n) is 6.10. The zero-order valence-corrected chi connectivity index (χ0v) is 27.0. The van der Waals surface area contributed by atoms with E-state index >= 15 is 0 Å². The summed E-state index contributed by atoms with van der Waals surface area (Å²) < 4.78 is 10.1. The predicted molar refractivity (Wildman–Crippen MR) is 178 cm³/mol. The van der Waals surface area contributed by atoms with Crippen molar-refractivity contribution in [1.29, 1.82) is 0 Å². The molecule has 0 amide bonds. The summed E-state index contributed by atoms with van der Waals surface area (Å²) in [4.78, 5) is 37.5. The second-order valence-corrected chi connectivity index (χ2v) is 12.4. The van der Waals surface area contributed by atoms with Gasteiger partial charge in [0.1, 0.15) is 31.1 Å². The molecule has 2 aromatic carbocycles. The van der Waals surface area contributed by atoms with Gasteiger partial charge >= 0.3 is 5.82 Å². The Morgan fingerprint density at radius 1 is 1.04 bits per heavy atom. The predicted octanol–water partition coefficient (Wildman–Crippen LogP) is 6.27. The summed E-state index contributed by atoms with van der Waals surface area (Å²) in [5.74, 6) is 0.972. The third-order valence-corrected chi connectivity index (χ3v) is 9.22. The van der Waals surface area contributed by atoms with Crippen molar-refractivity contribution in [3.63, 3.8) is 0 Å². The molecule has 14 heteroatoms. The minimum atomic E-state index is -0.402. The van der Waals surface area contributed by atoms with Crippen molar-refractivity contribution >= 4 is 51.7 Å². The number of nitro groups is 1. The van der Waals surface area contributed by atoms with Crippen LogP contribution in [0.5, 0.6) is 5.75 Å². The van der Waals surface area contributed by atoms with Crippen molar-refractivity contribution in [3.8, 4) is 16.9 Å². The molecule has 5 aromatic rings. The molecular formula is C32H33Cl2N8O4+. The molecule has 46 heavy (non-hydrogen) atoms. The Morgan fingerprint density at radius 3 is 2.46 bits per heavy atom. The first-order chi connectivity index (χ1) is 22.1. The highest BCUT2D eigenvalue weighted by molar-refractivity contribution is 6.39. The lowest BCUT2D eigenvalue weighted by molar-refractivity contribution is -0.945. The Morgan fingerprint density at radius 2 is 1.76 bits per heavy atom. The highest BCUT2D eigenvalue weighted by atomic mass is 35.5. The Bertz CT molecular complexity index is 1950. The molecule has 1 fully saturated rings. The molecule has 1 aliphatic rings. The highest BCUT2D eigenvalue weighted by Crippen LogP contribution is 2.34. The lowest BCUT2D eigenvalue weighted by Gasteiger charge is -2.41. The van der Waals surface area contributed by atoms with Crippen molar-refractivity contribution in [3.05, 3.63) is 97.3 Å². The largest absolute Gasteiger partial charge is 0.488 e. The van der Waals surface area contributed by atoms with E-state index in [0.717, 1.165) is 42.6 Å². The SMILES string of the molecule is Cn1cnc([N+](=O)[O-])c1C[N+]1(CCOc2ccc(Nc3ncc4cc(-c5c(Cl)cccc5Cl)c(=O)n(C)c4n3)cc2)CCCCC1. The molecule has 12 nitrogen and oxygen atoms in total. The second-order valence-electron chi connectivity index (χ2n) is 11.6. The summed E-state index contributed by atoms with van der Waals surface area (Å²) in [5.41, 5.74) is 2.42. The molecule has 0 spiro atoms. The summed E-state index contributed by atoms with van der Waals surface area (Å²) in [7, 11) is 3.45. The van der Waals surface area contributed by atoms with Crippen molar-refractivity contribution in [2.75, 3.05) is 31.6 Å². The van der Waals surface area contributed by atoms with Gasteiger partial charge in [-0.25, -0.2) is 4.98 Å². The lowest BCUT2D eigenvalue weighted by Crippen LogP contribution is -2.53. The molecule has 1 N–H and O–H groups in total. The highest BCUT2D eigenvalue weighted by Gasteiger charge is 2.35. The van der Waals surface area contributed by atoms with Gasteiger partial charge in [0.05, 0.1) is 28.7 Å². The third kappa shape index (κ3) is 6.41. The minimum absolute atomic E-state index is 0.0704. The monoisotopic (exact) mass is 663 g/mol. The van der Waals surface area contributed by atoms with E-state index in [2.05, 4.69) is 20.3 Å². The van der Waals surface area contributed by atoms with Gasteiger partial charge < -0.3 is 29.2 Å². The Kier molecular flexibility index (Phi) is 8.94. The molecule has 0 atom stereocenters. The van der Waals surface area contributed by atoms with Crippen molar-refractivity contribution in [2.45, 2.75) is 25.8 Å². The Labute approximate surface area is 274 Å². The van der Waals surface area contributed by atoms with Gasteiger partial charge in [0, 0.05) is 36.9 Å². The van der Waals surface area contributed by atoms with Crippen LogP contribution in [-0.2, 0) is 20.6 Å². The number of piperidine rings is 1. The first-order valence-corrected chi connectivity index (χ1v) is 15.7. The van der Waals surface area contributed by atoms with Crippen LogP contribution in [0, 0.1) is 10.1 Å². The smallest absolute Gasteiger partial charge is 0.390 e. The maximum atomic E-state index is 13.3. The minimum Gasteiger partial charge on any atom is -0.488 e. The summed E-state index contributed by atoms with van der Waals surface area (Å²) >= 11 is 12.7. The van der Waals surface area contributed by atoms with E-state index in [1.54, 1.807) is 49.1 Å². The van der Waals surface area contributed by atoms with Crippen molar-refractivity contribution < 1.29 is 14.1 Å². The zero-order valence-electron chi connectivity index (χ0n) is 25.4. The quantitative estimate of drug-likeness (QED) is 0.105. The van der Waals surface area contributed by atoms with E-state index in [1.165, 1.54) is 17.3 Å². The molecule has 3 aromatic heterocycles. The van der Waals surface area contributed by atoms with Crippen LogP contribution < -0.4 is 15.6 Å². The number of nitrogens with zero attached hydrogens (tertiary/aromatic N) is 7. The summed E-state index contributed by atoms with van der Waals surface area (Å²) in [5, 5.41) is 16.2. The van der Waals surface area contributed by atoms with Crippen LogP contribution >= 0.6 is 23.2 Å². The number of aryl methyl sites for hydroxylation is 2. The van der Waals surface area contributed by atoms with Gasteiger partial charge in [-0.1, -0.05) is 29.3 Å². The summed E-state index contributed by atoms with van der Waals surface area (Å²) in [6.45, 7) is 3.64. The zero-order chi connectivity index (χ0) is 32.4. The second kappa shape index (κ2) is 13.1. The maximum absolute atomic E-state index is 13.3. The third-order valence-electron chi connectivity index (χ3n) is 8.59. The molecule has 0 bridgehead atoms. The van der Waals surface area contributed by atoms with Gasteiger partial charge in [-0.15, -0.1) is 0 Å². The number of hydrogen-bond donors (Lipinski definition) is 1. The average molecular weight is 665 g/mol. The molecule has 6 rings (SSSR count). The van der Waals surface area contributed by atoms with Gasteiger partial charge in [-0.3, -0.25) is 9.36 Å². The lowest BCUT2D eigenvalue weighted by atomic mass is 10.1. The Hall–Kier alpha value is -4.52. The van der Waals surface area contributed by atoms with Gasteiger partial charge in [-0.2, -0.15) is 4.98 Å². The molecule has 1 aliphatic heterocycles. The molecular weight excluding hydrogens is 631 g/mol. The van der Waals surface area contributed by atoms with E-state index in [9.17, 15) is 14.9 Å². The van der Waals surface area contributed by atoms with Crippen LogP contribution in [0.3, 0.4) is 0 Å². The van der Waals surface area contributed by atoms with Crippen LogP contribution in [0.25, 0.3) is 22.2 Å². The standard InChI is InChI=1S/C32H32Cl2N8O4/c1-39-20-36-30(41(44)45)27(39)19-42(13-4-3-5-14-42)15-16-46-23-11-9-22(10-12-23)37-32-35-18-21-17-24(31(43)40(2)29(21)38-32)28-25(33)7-6-8-26(28)34/h6-12,17-18,20H,3-5,13-16,19H2,1-2H3/p+1. The molecule has 0 radical (unpaired) electrons. The van der Waals surface area contributed by atoms with E-state index in [4.69, 9.17) is 27.9 Å².